The van der Waals surface area contributed by atoms with E-state index in [4.69, 9.17) is 5.73 Å². The van der Waals surface area contributed by atoms with Gasteiger partial charge in [-0.1, -0.05) is 13.8 Å². The van der Waals surface area contributed by atoms with Crippen LogP contribution < -0.4 is 5.73 Å². The third-order valence-corrected chi connectivity index (χ3v) is 5.56. The number of nitrogens with two attached hydrogens (primary N) is 1. The zero-order valence-electron chi connectivity index (χ0n) is 11.4. The Balaban J connectivity index is 1.87. The van der Waals surface area contributed by atoms with Gasteiger partial charge in [0.2, 0.25) is 0 Å². The van der Waals surface area contributed by atoms with E-state index in [2.05, 4.69) is 30.5 Å². The Morgan fingerprint density at radius 2 is 2.00 bits per heavy atom. The standard InChI is InChI=1S/C14H28N2S/c1-11-8-12(2)13(14(15)9-11)10-16-4-3-6-17-7-5-16/h11-14H,3-10,15H2,1-2H3. The summed E-state index contributed by atoms with van der Waals surface area (Å²) in [5.74, 6) is 5.03. The molecule has 100 valence electrons. The molecular formula is C14H28N2S. The Hall–Kier alpha value is 0.270. The predicted molar refractivity (Wildman–Crippen MR) is 77.4 cm³/mol. The number of hydrogen-bond acceptors (Lipinski definition) is 3. The molecule has 1 saturated heterocycles. The first-order valence-corrected chi connectivity index (χ1v) is 8.38. The van der Waals surface area contributed by atoms with Gasteiger partial charge in [-0.2, -0.15) is 11.8 Å². The fourth-order valence-corrected chi connectivity index (χ4v) is 4.49. The molecule has 2 fully saturated rings. The lowest BCUT2D eigenvalue weighted by Gasteiger charge is -2.40. The van der Waals surface area contributed by atoms with Gasteiger partial charge < -0.3 is 10.6 Å². The Bertz CT molecular complexity index is 214. The quantitative estimate of drug-likeness (QED) is 0.823. The average Bonchev–Trinajstić information content (AvgIpc) is 2.51. The monoisotopic (exact) mass is 256 g/mol. The molecule has 0 amide bonds. The van der Waals surface area contributed by atoms with Crippen LogP contribution in [-0.4, -0.2) is 42.1 Å². The summed E-state index contributed by atoms with van der Waals surface area (Å²) in [6.07, 6.45) is 3.97. The molecule has 17 heavy (non-hydrogen) atoms. The molecule has 4 unspecified atom stereocenters. The Kier molecular flexibility index (Phi) is 5.19. The van der Waals surface area contributed by atoms with Gasteiger partial charge in [0, 0.05) is 24.9 Å². The fraction of sp³-hybridized carbons (Fsp3) is 1.00. The summed E-state index contributed by atoms with van der Waals surface area (Å²) in [5, 5.41) is 0. The first-order valence-electron chi connectivity index (χ1n) is 7.22. The third-order valence-electron chi connectivity index (χ3n) is 4.51. The van der Waals surface area contributed by atoms with Gasteiger partial charge in [0.1, 0.15) is 0 Å². The van der Waals surface area contributed by atoms with Gasteiger partial charge in [-0.05, 0) is 49.3 Å². The van der Waals surface area contributed by atoms with Gasteiger partial charge in [-0.25, -0.2) is 0 Å². The molecule has 3 heteroatoms. The summed E-state index contributed by atoms with van der Waals surface area (Å²) in [6, 6.07) is 0.435. The molecular weight excluding hydrogens is 228 g/mol. The molecule has 2 rings (SSSR count). The van der Waals surface area contributed by atoms with Crippen LogP contribution in [0, 0.1) is 17.8 Å². The van der Waals surface area contributed by atoms with Crippen molar-refractivity contribution in [3.63, 3.8) is 0 Å². The number of rotatable bonds is 2. The summed E-state index contributed by atoms with van der Waals surface area (Å²) in [4.78, 5) is 2.66. The van der Waals surface area contributed by atoms with Crippen LogP contribution in [0.4, 0.5) is 0 Å². The van der Waals surface area contributed by atoms with Gasteiger partial charge in [0.15, 0.2) is 0 Å². The lowest BCUT2D eigenvalue weighted by atomic mass is 9.72. The van der Waals surface area contributed by atoms with E-state index in [1.807, 2.05) is 0 Å². The van der Waals surface area contributed by atoms with Crippen molar-refractivity contribution in [2.24, 2.45) is 23.5 Å². The zero-order valence-corrected chi connectivity index (χ0v) is 12.2. The average molecular weight is 256 g/mol. The van der Waals surface area contributed by atoms with E-state index in [9.17, 15) is 0 Å². The van der Waals surface area contributed by atoms with E-state index < -0.39 is 0 Å². The van der Waals surface area contributed by atoms with Gasteiger partial charge in [-0.15, -0.1) is 0 Å². The molecule has 2 nitrogen and oxygen atoms in total. The van der Waals surface area contributed by atoms with E-state index >= 15 is 0 Å². The SMILES string of the molecule is CC1CC(C)C(CN2CCCSCC2)C(N)C1. The first-order chi connectivity index (χ1) is 8.16. The molecule has 0 bridgehead atoms. The highest BCUT2D eigenvalue weighted by Crippen LogP contribution is 2.33. The second-order valence-corrected chi connectivity index (χ2v) is 7.37. The van der Waals surface area contributed by atoms with E-state index in [0.717, 1.165) is 17.8 Å². The Morgan fingerprint density at radius 3 is 2.76 bits per heavy atom. The van der Waals surface area contributed by atoms with Crippen molar-refractivity contribution in [1.29, 1.82) is 0 Å². The largest absolute Gasteiger partial charge is 0.327 e. The van der Waals surface area contributed by atoms with Crippen molar-refractivity contribution < 1.29 is 0 Å². The van der Waals surface area contributed by atoms with Crippen molar-refractivity contribution in [3.05, 3.63) is 0 Å². The molecule has 2 N–H and O–H groups in total. The van der Waals surface area contributed by atoms with E-state index in [1.165, 1.54) is 50.4 Å². The topological polar surface area (TPSA) is 29.3 Å². The minimum absolute atomic E-state index is 0.435. The van der Waals surface area contributed by atoms with E-state index in [1.54, 1.807) is 0 Å². The van der Waals surface area contributed by atoms with E-state index in [-0.39, 0.29) is 0 Å². The van der Waals surface area contributed by atoms with Crippen LogP contribution in [0.25, 0.3) is 0 Å². The summed E-state index contributed by atoms with van der Waals surface area (Å²) in [5.41, 5.74) is 6.38. The molecule has 2 aliphatic rings. The summed E-state index contributed by atoms with van der Waals surface area (Å²) in [7, 11) is 0. The number of thioether (sulfide) groups is 1. The molecule has 1 heterocycles. The van der Waals surface area contributed by atoms with Crippen LogP contribution in [0.1, 0.15) is 33.1 Å². The first kappa shape index (κ1) is 13.7. The maximum Gasteiger partial charge on any atom is 0.00844 e. The highest BCUT2D eigenvalue weighted by Gasteiger charge is 2.32. The molecule has 0 aromatic carbocycles. The molecule has 1 aliphatic carbocycles. The van der Waals surface area contributed by atoms with Crippen molar-refractivity contribution in [1.82, 2.24) is 4.90 Å². The number of nitrogens with zero attached hydrogens (tertiary/aromatic N) is 1. The fourth-order valence-electron chi connectivity index (χ4n) is 3.56. The Morgan fingerprint density at radius 1 is 1.18 bits per heavy atom. The van der Waals surface area contributed by atoms with Crippen molar-refractivity contribution in [2.75, 3.05) is 31.1 Å². The maximum absolute atomic E-state index is 6.38. The smallest absolute Gasteiger partial charge is 0.00844 e. The van der Waals surface area contributed by atoms with Crippen molar-refractivity contribution in [3.8, 4) is 0 Å². The van der Waals surface area contributed by atoms with Crippen molar-refractivity contribution in [2.45, 2.75) is 39.2 Å². The van der Waals surface area contributed by atoms with Gasteiger partial charge >= 0.3 is 0 Å². The molecule has 0 radical (unpaired) electrons. The summed E-state index contributed by atoms with van der Waals surface area (Å²) in [6.45, 7) is 8.58. The number of hydrogen-bond donors (Lipinski definition) is 1. The van der Waals surface area contributed by atoms with Crippen LogP contribution >= 0.6 is 11.8 Å². The van der Waals surface area contributed by atoms with Crippen LogP contribution in [-0.2, 0) is 0 Å². The minimum Gasteiger partial charge on any atom is -0.327 e. The predicted octanol–water partition coefficient (Wildman–Crippen LogP) is 2.43. The molecule has 0 aromatic rings. The van der Waals surface area contributed by atoms with Gasteiger partial charge in [0.05, 0.1) is 0 Å². The van der Waals surface area contributed by atoms with Crippen LogP contribution in [0.3, 0.4) is 0 Å². The van der Waals surface area contributed by atoms with Gasteiger partial charge in [0.25, 0.3) is 0 Å². The molecule has 4 atom stereocenters. The zero-order chi connectivity index (χ0) is 12.3. The summed E-state index contributed by atoms with van der Waals surface area (Å²) < 4.78 is 0. The van der Waals surface area contributed by atoms with Crippen molar-refractivity contribution >= 4 is 11.8 Å². The van der Waals surface area contributed by atoms with Gasteiger partial charge in [-0.3, -0.25) is 0 Å². The second kappa shape index (κ2) is 6.44. The molecule has 1 aliphatic heterocycles. The minimum atomic E-state index is 0.435. The Labute approximate surface area is 111 Å². The second-order valence-electron chi connectivity index (χ2n) is 6.15. The third kappa shape index (κ3) is 3.87. The van der Waals surface area contributed by atoms with Crippen LogP contribution in [0.5, 0.6) is 0 Å². The van der Waals surface area contributed by atoms with Crippen LogP contribution in [0.15, 0.2) is 0 Å². The lowest BCUT2D eigenvalue weighted by molar-refractivity contribution is 0.122. The highest BCUT2D eigenvalue weighted by atomic mass is 32.2. The van der Waals surface area contributed by atoms with Crippen LogP contribution in [0.2, 0.25) is 0 Å². The van der Waals surface area contributed by atoms with E-state index in [0.29, 0.717) is 6.04 Å². The summed E-state index contributed by atoms with van der Waals surface area (Å²) >= 11 is 2.11. The highest BCUT2D eigenvalue weighted by molar-refractivity contribution is 7.99. The lowest BCUT2D eigenvalue weighted by Crippen LogP contribution is -2.47. The maximum atomic E-state index is 6.38. The molecule has 0 aromatic heterocycles. The normalized spacial score (nSPS) is 41.1. The molecule has 1 saturated carbocycles. The molecule has 0 spiro atoms.